The lowest BCUT2D eigenvalue weighted by Gasteiger charge is -2.24. The van der Waals surface area contributed by atoms with Gasteiger partial charge in [0.15, 0.2) is 6.10 Å². The molecule has 0 fully saturated rings. The third-order valence-electron chi connectivity index (χ3n) is 9.34. The fourth-order valence-corrected chi connectivity index (χ4v) is 6.93. The molecule has 11 nitrogen and oxygen atoms in total. The monoisotopic (exact) mass is 779 g/mol. The summed E-state index contributed by atoms with van der Waals surface area (Å²) >= 11 is 0. The Bertz CT molecular complexity index is 916. The SMILES string of the molecule is CCCCCCCCC/C=C\CCCCC(=O)O[C@H](COC(=O)CCCCCCCCCCCCCCCCC)COP(=O)(O)O[C@H](CO)[C@H](O)CO. The number of carbonyl (C=O) groups is 2. The molecule has 0 aliphatic rings. The van der Waals surface area contributed by atoms with Crippen LogP contribution in [0.1, 0.15) is 194 Å². The van der Waals surface area contributed by atoms with Crippen LogP contribution >= 0.6 is 7.82 Å². The molecule has 0 rings (SSSR count). The van der Waals surface area contributed by atoms with Gasteiger partial charge in [-0.1, -0.05) is 154 Å². The number of hydrogen-bond acceptors (Lipinski definition) is 10. The van der Waals surface area contributed by atoms with E-state index in [1.165, 1.54) is 116 Å². The quantitative estimate of drug-likeness (QED) is 0.0202. The summed E-state index contributed by atoms with van der Waals surface area (Å²) in [5.74, 6) is -1.01. The topological polar surface area (TPSA) is 169 Å². The summed E-state index contributed by atoms with van der Waals surface area (Å²) in [5.41, 5.74) is 0. The van der Waals surface area contributed by atoms with E-state index in [4.69, 9.17) is 23.6 Å². The average molecular weight is 779 g/mol. The lowest BCUT2D eigenvalue weighted by Crippen LogP contribution is -2.35. The van der Waals surface area contributed by atoms with E-state index in [-0.39, 0.29) is 19.4 Å². The maximum absolute atomic E-state index is 12.6. The lowest BCUT2D eigenvalue weighted by molar-refractivity contribution is -0.161. The van der Waals surface area contributed by atoms with Gasteiger partial charge < -0.3 is 29.7 Å². The van der Waals surface area contributed by atoms with Gasteiger partial charge in [-0.2, -0.15) is 0 Å². The van der Waals surface area contributed by atoms with Gasteiger partial charge in [0.1, 0.15) is 18.8 Å². The number of aliphatic hydroxyl groups excluding tert-OH is 3. The minimum Gasteiger partial charge on any atom is -0.462 e. The Labute approximate surface area is 322 Å². The van der Waals surface area contributed by atoms with Crippen LogP contribution in [0.4, 0.5) is 0 Å². The van der Waals surface area contributed by atoms with Gasteiger partial charge >= 0.3 is 19.8 Å². The van der Waals surface area contributed by atoms with E-state index in [1.54, 1.807) is 0 Å². The molecule has 0 saturated heterocycles. The molecule has 0 bridgehead atoms. The third-order valence-corrected chi connectivity index (χ3v) is 10.4. The van der Waals surface area contributed by atoms with Crippen LogP contribution in [0.25, 0.3) is 0 Å². The first-order chi connectivity index (χ1) is 25.7. The van der Waals surface area contributed by atoms with Gasteiger partial charge in [0, 0.05) is 12.8 Å². The zero-order valence-electron chi connectivity index (χ0n) is 33.6. The molecular weight excluding hydrogens is 699 g/mol. The summed E-state index contributed by atoms with van der Waals surface area (Å²) in [7, 11) is -4.84. The van der Waals surface area contributed by atoms with Crippen LogP contribution in [-0.4, -0.2) is 76.9 Å². The molecule has 4 N–H and O–H groups in total. The van der Waals surface area contributed by atoms with E-state index in [9.17, 15) is 29.3 Å². The van der Waals surface area contributed by atoms with Crippen molar-refractivity contribution in [2.45, 2.75) is 212 Å². The average Bonchev–Trinajstić information content (AvgIpc) is 3.14. The summed E-state index contributed by atoms with van der Waals surface area (Å²) in [6.07, 6.45) is 30.9. The Balaban J connectivity index is 4.49. The summed E-state index contributed by atoms with van der Waals surface area (Å²) in [4.78, 5) is 35.2. The second-order valence-electron chi connectivity index (χ2n) is 14.5. The van der Waals surface area contributed by atoms with Gasteiger partial charge in [0.2, 0.25) is 0 Å². The maximum atomic E-state index is 12.6. The molecule has 4 atom stereocenters. The Kier molecular flexibility index (Phi) is 36.6. The van der Waals surface area contributed by atoms with Gasteiger partial charge in [-0.25, -0.2) is 4.57 Å². The van der Waals surface area contributed by atoms with Crippen LogP contribution in [0, 0.1) is 0 Å². The number of carbonyl (C=O) groups excluding carboxylic acids is 2. The van der Waals surface area contributed by atoms with Crippen molar-refractivity contribution in [3.05, 3.63) is 12.2 Å². The first-order valence-electron chi connectivity index (χ1n) is 21.2. The molecule has 0 aromatic heterocycles. The van der Waals surface area contributed by atoms with Crippen molar-refractivity contribution < 1.29 is 52.9 Å². The highest BCUT2D eigenvalue weighted by molar-refractivity contribution is 7.47. The predicted octanol–water partition coefficient (Wildman–Crippen LogP) is 9.81. The normalized spacial score (nSPS) is 14.6. The molecule has 0 aliphatic carbocycles. The highest BCUT2D eigenvalue weighted by Gasteiger charge is 2.32. The number of esters is 2. The van der Waals surface area contributed by atoms with E-state index in [0.29, 0.717) is 12.8 Å². The molecule has 53 heavy (non-hydrogen) atoms. The lowest BCUT2D eigenvalue weighted by atomic mass is 10.0. The summed E-state index contributed by atoms with van der Waals surface area (Å²) in [5, 5.41) is 28.1. The molecule has 0 spiro atoms. The Hall–Kier alpha value is -1.33. The Morgan fingerprint density at radius 3 is 1.47 bits per heavy atom. The zero-order valence-corrected chi connectivity index (χ0v) is 34.5. The predicted molar refractivity (Wildman–Crippen MR) is 211 cm³/mol. The maximum Gasteiger partial charge on any atom is 0.472 e. The number of aliphatic hydroxyl groups is 3. The van der Waals surface area contributed by atoms with Crippen molar-refractivity contribution in [3.63, 3.8) is 0 Å². The summed E-state index contributed by atoms with van der Waals surface area (Å²) < 4.78 is 33.0. The number of phosphoric ester groups is 1. The number of allylic oxidation sites excluding steroid dienone is 2. The van der Waals surface area contributed by atoms with Crippen LogP contribution in [0.15, 0.2) is 12.2 Å². The van der Waals surface area contributed by atoms with E-state index < -0.39 is 57.9 Å². The highest BCUT2D eigenvalue weighted by Crippen LogP contribution is 2.45. The van der Waals surface area contributed by atoms with E-state index in [2.05, 4.69) is 26.0 Å². The van der Waals surface area contributed by atoms with Gasteiger partial charge in [-0.3, -0.25) is 18.6 Å². The number of phosphoric acid groups is 1. The van der Waals surface area contributed by atoms with E-state index in [0.717, 1.165) is 38.5 Å². The molecule has 0 heterocycles. The number of ether oxygens (including phenoxy) is 2. The van der Waals surface area contributed by atoms with Gasteiger partial charge in [-0.15, -0.1) is 0 Å². The summed E-state index contributed by atoms with van der Waals surface area (Å²) in [6.45, 7) is 1.82. The van der Waals surface area contributed by atoms with Crippen LogP contribution in [0.5, 0.6) is 0 Å². The highest BCUT2D eigenvalue weighted by atomic mass is 31.2. The van der Waals surface area contributed by atoms with E-state index >= 15 is 0 Å². The molecule has 1 unspecified atom stereocenters. The minimum absolute atomic E-state index is 0.123. The molecule has 0 radical (unpaired) electrons. The van der Waals surface area contributed by atoms with Crippen LogP contribution in [0.3, 0.4) is 0 Å². The standard InChI is InChI=1S/C41H79O11P/c1-3-5-7-9-11-13-15-17-18-20-21-23-25-27-29-31-40(45)49-35-37(36-50-53(47,48)52-39(34-43)38(44)33-42)51-41(46)32-30-28-26-24-22-19-16-14-12-10-8-6-4-2/h22,24,37-39,42-44H,3-21,23,25-36H2,1-2H3,(H,47,48)/b24-22-/t37-,38-,39-/m1/s1. The second-order valence-corrected chi connectivity index (χ2v) is 15.9. The van der Waals surface area contributed by atoms with Crippen LogP contribution < -0.4 is 0 Å². The van der Waals surface area contributed by atoms with Gasteiger partial charge in [-0.05, 0) is 38.5 Å². The van der Waals surface area contributed by atoms with Crippen molar-refractivity contribution >= 4 is 19.8 Å². The van der Waals surface area contributed by atoms with Crippen molar-refractivity contribution in [1.82, 2.24) is 0 Å². The van der Waals surface area contributed by atoms with E-state index in [1.807, 2.05) is 0 Å². The summed E-state index contributed by atoms with van der Waals surface area (Å²) in [6, 6.07) is 0. The Morgan fingerprint density at radius 2 is 1.00 bits per heavy atom. The molecule has 12 heteroatoms. The number of hydrogen-bond donors (Lipinski definition) is 4. The first kappa shape index (κ1) is 51.7. The van der Waals surface area contributed by atoms with Gasteiger partial charge in [0.05, 0.1) is 19.8 Å². The van der Waals surface area contributed by atoms with Gasteiger partial charge in [0.25, 0.3) is 0 Å². The minimum atomic E-state index is -4.84. The third kappa shape index (κ3) is 34.9. The van der Waals surface area contributed by atoms with Crippen LogP contribution in [-0.2, 0) is 32.7 Å². The van der Waals surface area contributed by atoms with Crippen molar-refractivity contribution in [2.24, 2.45) is 0 Å². The smallest absolute Gasteiger partial charge is 0.462 e. The molecule has 0 aliphatic heterocycles. The van der Waals surface area contributed by atoms with Crippen molar-refractivity contribution in [2.75, 3.05) is 26.4 Å². The fourth-order valence-electron chi connectivity index (χ4n) is 5.97. The van der Waals surface area contributed by atoms with Crippen molar-refractivity contribution in [3.8, 4) is 0 Å². The number of unbranched alkanes of at least 4 members (excludes halogenated alkanes) is 23. The molecule has 0 amide bonds. The molecule has 0 aromatic rings. The molecule has 314 valence electrons. The largest absolute Gasteiger partial charge is 0.472 e. The molecule has 0 saturated carbocycles. The first-order valence-corrected chi connectivity index (χ1v) is 22.7. The zero-order chi connectivity index (χ0) is 39.3. The molecule has 0 aromatic carbocycles. The Morgan fingerprint density at radius 1 is 0.585 bits per heavy atom. The fraction of sp³-hybridized carbons (Fsp3) is 0.902. The second kappa shape index (κ2) is 37.6. The van der Waals surface area contributed by atoms with Crippen LogP contribution in [0.2, 0.25) is 0 Å². The molecular formula is C41H79O11P. The number of rotatable bonds is 40. The van der Waals surface area contributed by atoms with Crippen molar-refractivity contribution in [1.29, 1.82) is 0 Å².